The molecule has 0 spiro atoms. The molecule has 0 aliphatic carbocycles. The SMILES string of the molecule is COc1cccc(-c2cc3ccc(OCCCN4CCCCC4)cc3c(=O)n2CC(=O)NC(C)C)c1. The first kappa shape index (κ1) is 25.8. The molecule has 3 aromatic rings. The van der Waals surface area contributed by atoms with Crippen LogP contribution < -0.4 is 20.3 Å². The average Bonchev–Trinajstić information content (AvgIpc) is 2.88. The van der Waals surface area contributed by atoms with Crippen molar-refractivity contribution in [1.82, 2.24) is 14.8 Å². The van der Waals surface area contributed by atoms with Crippen molar-refractivity contribution in [3.63, 3.8) is 0 Å². The van der Waals surface area contributed by atoms with Gasteiger partial charge in [-0.05, 0) is 81.9 Å². The highest BCUT2D eigenvalue weighted by molar-refractivity contribution is 5.87. The number of hydrogen-bond donors (Lipinski definition) is 1. The van der Waals surface area contributed by atoms with Crippen LogP contribution in [0.4, 0.5) is 0 Å². The van der Waals surface area contributed by atoms with E-state index in [1.54, 1.807) is 13.2 Å². The van der Waals surface area contributed by atoms with Crippen molar-refractivity contribution in [2.24, 2.45) is 0 Å². The van der Waals surface area contributed by atoms with Crippen LogP contribution in [-0.2, 0) is 11.3 Å². The van der Waals surface area contributed by atoms with Crippen LogP contribution in [0.3, 0.4) is 0 Å². The molecule has 2 heterocycles. The van der Waals surface area contributed by atoms with Gasteiger partial charge in [-0.2, -0.15) is 0 Å². The molecular weight excluding hydrogens is 454 g/mol. The van der Waals surface area contributed by atoms with Gasteiger partial charge in [0.2, 0.25) is 5.91 Å². The molecule has 4 rings (SSSR count). The van der Waals surface area contributed by atoms with E-state index in [-0.39, 0.29) is 24.1 Å². The van der Waals surface area contributed by atoms with Crippen LogP contribution in [0.15, 0.2) is 53.3 Å². The van der Waals surface area contributed by atoms with Gasteiger partial charge < -0.3 is 19.7 Å². The zero-order valence-corrected chi connectivity index (χ0v) is 21.6. The van der Waals surface area contributed by atoms with Crippen molar-refractivity contribution in [3.8, 4) is 22.8 Å². The van der Waals surface area contributed by atoms with E-state index >= 15 is 0 Å². The zero-order chi connectivity index (χ0) is 25.5. The number of likely N-dealkylation sites (tertiary alicyclic amines) is 1. The lowest BCUT2D eigenvalue weighted by Crippen LogP contribution is -2.36. The van der Waals surface area contributed by atoms with Crippen molar-refractivity contribution in [2.45, 2.75) is 52.1 Å². The summed E-state index contributed by atoms with van der Waals surface area (Å²) in [5.41, 5.74) is 1.26. The Morgan fingerprint density at radius 2 is 1.83 bits per heavy atom. The van der Waals surface area contributed by atoms with E-state index in [0.29, 0.717) is 29.2 Å². The van der Waals surface area contributed by atoms with Crippen LogP contribution in [0.25, 0.3) is 22.0 Å². The van der Waals surface area contributed by atoms with Gasteiger partial charge in [0.05, 0.1) is 24.8 Å². The molecule has 7 nitrogen and oxygen atoms in total. The summed E-state index contributed by atoms with van der Waals surface area (Å²) in [6.07, 6.45) is 4.85. The lowest BCUT2D eigenvalue weighted by molar-refractivity contribution is -0.122. The molecule has 1 amide bonds. The number of methoxy groups -OCH3 is 1. The predicted octanol–water partition coefficient (Wildman–Crippen LogP) is 4.46. The van der Waals surface area contributed by atoms with Gasteiger partial charge in [-0.15, -0.1) is 0 Å². The second kappa shape index (κ2) is 12.1. The first-order valence-electron chi connectivity index (χ1n) is 12.9. The van der Waals surface area contributed by atoms with Gasteiger partial charge >= 0.3 is 0 Å². The number of nitrogens with zero attached hydrogens (tertiary/aromatic N) is 2. The van der Waals surface area contributed by atoms with Gasteiger partial charge in [-0.25, -0.2) is 0 Å². The summed E-state index contributed by atoms with van der Waals surface area (Å²) in [4.78, 5) is 28.8. The Morgan fingerprint density at radius 1 is 1.03 bits per heavy atom. The van der Waals surface area contributed by atoms with Gasteiger partial charge in [0.25, 0.3) is 5.56 Å². The maximum absolute atomic E-state index is 13.7. The third-order valence-corrected chi connectivity index (χ3v) is 6.54. The van der Waals surface area contributed by atoms with Crippen LogP contribution in [0.1, 0.15) is 39.5 Å². The normalized spacial score (nSPS) is 14.2. The van der Waals surface area contributed by atoms with E-state index in [4.69, 9.17) is 9.47 Å². The smallest absolute Gasteiger partial charge is 0.259 e. The molecule has 192 valence electrons. The topological polar surface area (TPSA) is 72.8 Å². The Morgan fingerprint density at radius 3 is 2.58 bits per heavy atom. The van der Waals surface area contributed by atoms with Crippen LogP contribution in [0.2, 0.25) is 0 Å². The largest absolute Gasteiger partial charge is 0.497 e. The van der Waals surface area contributed by atoms with Crippen molar-refractivity contribution in [3.05, 3.63) is 58.9 Å². The van der Waals surface area contributed by atoms with Crippen molar-refractivity contribution in [2.75, 3.05) is 33.4 Å². The van der Waals surface area contributed by atoms with Gasteiger partial charge in [0, 0.05) is 18.2 Å². The van der Waals surface area contributed by atoms with E-state index in [1.165, 1.54) is 36.9 Å². The maximum atomic E-state index is 13.7. The number of carbonyl (C=O) groups is 1. The molecule has 2 aromatic carbocycles. The highest BCUT2D eigenvalue weighted by Crippen LogP contribution is 2.27. The third kappa shape index (κ3) is 6.46. The van der Waals surface area contributed by atoms with Crippen LogP contribution in [0, 0.1) is 0 Å². The quantitative estimate of drug-likeness (QED) is 0.424. The Bertz CT molecular complexity index is 1240. The monoisotopic (exact) mass is 491 g/mol. The summed E-state index contributed by atoms with van der Waals surface area (Å²) < 4.78 is 12.9. The van der Waals surface area contributed by atoms with E-state index in [1.807, 2.05) is 56.3 Å². The first-order chi connectivity index (χ1) is 17.4. The van der Waals surface area contributed by atoms with Gasteiger partial charge in [0.15, 0.2) is 0 Å². The van der Waals surface area contributed by atoms with Crippen molar-refractivity contribution < 1.29 is 14.3 Å². The summed E-state index contributed by atoms with van der Waals surface area (Å²) in [5, 5.41) is 4.23. The van der Waals surface area contributed by atoms with E-state index in [9.17, 15) is 9.59 Å². The molecule has 1 N–H and O–H groups in total. The number of hydrogen-bond acceptors (Lipinski definition) is 5. The Labute approximate surface area is 213 Å². The van der Waals surface area contributed by atoms with Crippen LogP contribution in [-0.4, -0.2) is 54.8 Å². The molecule has 7 heteroatoms. The van der Waals surface area contributed by atoms with E-state index in [0.717, 1.165) is 23.9 Å². The summed E-state index contributed by atoms with van der Waals surface area (Å²) in [6, 6.07) is 15.1. The molecule has 0 unspecified atom stereocenters. The molecular formula is C29H37N3O4. The summed E-state index contributed by atoms with van der Waals surface area (Å²) in [5.74, 6) is 1.15. The van der Waals surface area contributed by atoms with Gasteiger partial charge in [-0.1, -0.05) is 24.6 Å². The summed E-state index contributed by atoms with van der Waals surface area (Å²) >= 11 is 0. The van der Waals surface area contributed by atoms with Crippen molar-refractivity contribution in [1.29, 1.82) is 0 Å². The minimum absolute atomic E-state index is 0.0149. The number of aromatic nitrogens is 1. The molecule has 1 aliphatic rings. The number of amides is 1. The fourth-order valence-corrected chi connectivity index (χ4v) is 4.77. The fraction of sp³-hybridized carbons (Fsp3) is 0.448. The van der Waals surface area contributed by atoms with Crippen LogP contribution in [0.5, 0.6) is 11.5 Å². The average molecular weight is 492 g/mol. The molecule has 0 radical (unpaired) electrons. The predicted molar refractivity (Wildman–Crippen MR) is 144 cm³/mol. The Hall–Kier alpha value is -3.32. The number of rotatable bonds is 10. The number of piperidine rings is 1. The Balaban J connectivity index is 1.61. The summed E-state index contributed by atoms with van der Waals surface area (Å²) in [6.45, 7) is 7.73. The third-order valence-electron chi connectivity index (χ3n) is 6.54. The number of fused-ring (bicyclic) bond motifs is 1. The van der Waals surface area contributed by atoms with Crippen LogP contribution >= 0.6 is 0 Å². The lowest BCUT2D eigenvalue weighted by atomic mass is 10.1. The first-order valence-corrected chi connectivity index (χ1v) is 12.9. The summed E-state index contributed by atoms with van der Waals surface area (Å²) in [7, 11) is 1.61. The van der Waals surface area contributed by atoms with Gasteiger partial charge in [-0.3, -0.25) is 14.2 Å². The highest BCUT2D eigenvalue weighted by Gasteiger charge is 2.16. The molecule has 36 heavy (non-hydrogen) atoms. The minimum atomic E-state index is -0.219. The second-order valence-electron chi connectivity index (χ2n) is 9.73. The molecule has 1 saturated heterocycles. The maximum Gasteiger partial charge on any atom is 0.259 e. The number of pyridine rings is 1. The van der Waals surface area contributed by atoms with E-state index < -0.39 is 0 Å². The number of ether oxygens (including phenoxy) is 2. The standard InChI is InChI=1S/C29H37N3O4/c1-21(2)30-28(33)20-32-27(23-9-7-10-24(17-23)35-3)18-22-11-12-25(19-26(22)29(32)34)36-16-8-15-31-13-5-4-6-14-31/h7,9-12,17-19,21H,4-6,8,13-16,20H2,1-3H3,(H,30,33). The number of nitrogens with one attached hydrogen (secondary N) is 1. The molecule has 1 aromatic heterocycles. The van der Waals surface area contributed by atoms with Crippen molar-refractivity contribution >= 4 is 16.7 Å². The molecule has 0 bridgehead atoms. The minimum Gasteiger partial charge on any atom is -0.497 e. The zero-order valence-electron chi connectivity index (χ0n) is 21.6. The lowest BCUT2D eigenvalue weighted by Gasteiger charge is -2.26. The molecule has 1 fully saturated rings. The fourth-order valence-electron chi connectivity index (χ4n) is 4.77. The van der Waals surface area contributed by atoms with Gasteiger partial charge in [0.1, 0.15) is 18.0 Å². The molecule has 1 aliphatic heterocycles. The second-order valence-corrected chi connectivity index (χ2v) is 9.73. The Kier molecular flexibility index (Phi) is 8.65. The highest BCUT2D eigenvalue weighted by atomic mass is 16.5. The van der Waals surface area contributed by atoms with E-state index in [2.05, 4.69) is 10.2 Å². The molecule has 0 atom stereocenters. The number of carbonyl (C=O) groups excluding carboxylic acids is 1. The number of benzene rings is 2. The molecule has 0 saturated carbocycles.